The quantitative estimate of drug-likeness (QED) is 0.704. The lowest BCUT2D eigenvalue weighted by Crippen LogP contribution is -2.49. The van der Waals surface area contributed by atoms with Gasteiger partial charge < -0.3 is 10.2 Å². The lowest BCUT2D eigenvalue weighted by molar-refractivity contribution is -0.140. The van der Waals surface area contributed by atoms with Crippen LogP contribution in [-0.4, -0.2) is 28.8 Å². The van der Waals surface area contributed by atoms with Gasteiger partial charge in [-0.15, -0.1) is 0 Å². The molecule has 7 heteroatoms. The first-order valence-electron chi connectivity index (χ1n) is 8.96. The number of benzene rings is 2. The minimum atomic E-state index is -0.796. The second-order valence-electron chi connectivity index (χ2n) is 6.83. The van der Waals surface area contributed by atoms with E-state index in [-0.39, 0.29) is 30.8 Å². The molecule has 2 amide bonds. The van der Waals surface area contributed by atoms with Gasteiger partial charge >= 0.3 is 0 Å². The third kappa shape index (κ3) is 5.69. The van der Waals surface area contributed by atoms with Crippen molar-refractivity contribution in [1.29, 1.82) is 0 Å². The van der Waals surface area contributed by atoms with Crippen LogP contribution in [0.25, 0.3) is 0 Å². The molecule has 0 radical (unpaired) electrons. The zero-order valence-corrected chi connectivity index (χ0v) is 17.5. The van der Waals surface area contributed by atoms with Crippen LogP contribution in [0.15, 0.2) is 42.5 Å². The van der Waals surface area contributed by atoms with Crippen LogP contribution >= 0.6 is 23.2 Å². The van der Waals surface area contributed by atoms with Gasteiger partial charge in [-0.05, 0) is 44.5 Å². The van der Waals surface area contributed by atoms with Crippen LogP contribution in [0.1, 0.15) is 31.9 Å². The van der Waals surface area contributed by atoms with E-state index < -0.39 is 11.9 Å². The second kappa shape index (κ2) is 9.89. The molecule has 2 aromatic rings. The second-order valence-corrected chi connectivity index (χ2v) is 7.64. The molecular weight excluding hydrogens is 402 g/mol. The molecule has 1 atom stereocenters. The average Bonchev–Trinajstić information content (AvgIpc) is 2.63. The van der Waals surface area contributed by atoms with E-state index in [4.69, 9.17) is 23.2 Å². The summed E-state index contributed by atoms with van der Waals surface area (Å²) in [4.78, 5) is 26.9. The average molecular weight is 425 g/mol. The van der Waals surface area contributed by atoms with Crippen molar-refractivity contribution in [3.05, 3.63) is 69.5 Å². The Morgan fingerprint density at radius 2 is 1.64 bits per heavy atom. The summed E-state index contributed by atoms with van der Waals surface area (Å²) >= 11 is 12.4. The Balaban J connectivity index is 2.32. The van der Waals surface area contributed by atoms with Crippen molar-refractivity contribution in [2.24, 2.45) is 0 Å². The molecule has 0 aromatic heterocycles. The van der Waals surface area contributed by atoms with Crippen molar-refractivity contribution < 1.29 is 14.0 Å². The Morgan fingerprint density at radius 1 is 1.04 bits per heavy atom. The number of halogens is 3. The Labute approximate surface area is 174 Å². The van der Waals surface area contributed by atoms with Crippen LogP contribution in [0.3, 0.4) is 0 Å². The van der Waals surface area contributed by atoms with E-state index >= 15 is 0 Å². The molecule has 2 rings (SSSR count). The highest BCUT2D eigenvalue weighted by molar-refractivity contribution is 6.36. The molecule has 0 aliphatic rings. The molecule has 0 fully saturated rings. The van der Waals surface area contributed by atoms with Crippen LogP contribution in [0.2, 0.25) is 10.0 Å². The first kappa shape index (κ1) is 22.2. The Morgan fingerprint density at radius 3 is 2.21 bits per heavy atom. The highest BCUT2D eigenvalue weighted by Gasteiger charge is 2.28. The third-order valence-electron chi connectivity index (χ3n) is 4.29. The van der Waals surface area contributed by atoms with Gasteiger partial charge in [0, 0.05) is 28.2 Å². The fourth-order valence-electron chi connectivity index (χ4n) is 2.75. The predicted octanol–water partition coefficient (Wildman–Crippen LogP) is 4.62. The summed E-state index contributed by atoms with van der Waals surface area (Å²) in [6, 6.07) is 10.3. The van der Waals surface area contributed by atoms with Gasteiger partial charge in [-0.3, -0.25) is 9.59 Å². The molecule has 0 saturated carbocycles. The van der Waals surface area contributed by atoms with Crippen molar-refractivity contribution >= 4 is 35.0 Å². The maximum Gasteiger partial charge on any atom is 0.242 e. The van der Waals surface area contributed by atoms with Crippen molar-refractivity contribution in [2.75, 3.05) is 0 Å². The summed E-state index contributed by atoms with van der Waals surface area (Å²) in [7, 11) is 0. The van der Waals surface area contributed by atoms with Gasteiger partial charge in [-0.25, -0.2) is 4.39 Å². The number of hydrogen-bond donors (Lipinski definition) is 1. The molecule has 0 bridgehead atoms. The van der Waals surface area contributed by atoms with Crippen LogP contribution in [0, 0.1) is 5.82 Å². The summed E-state index contributed by atoms with van der Waals surface area (Å²) in [6.45, 7) is 5.24. The number of carbonyl (C=O) groups excluding carboxylic acids is 2. The fourth-order valence-corrected chi connectivity index (χ4v) is 3.28. The fraction of sp³-hybridized carbons (Fsp3) is 0.333. The van der Waals surface area contributed by atoms with Crippen molar-refractivity contribution in [2.45, 2.75) is 45.8 Å². The van der Waals surface area contributed by atoms with Gasteiger partial charge in [0.2, 0.25) is 11.8 Å². The van der Waals surface area contributed by atoms with Crippen LogP contribution in [0.5, 0.6) is 0 Å². The maximum atomic E-state index is 14.2. The minimum absolute atomic E-state index is 0.0414. The number of amides is 2. The van der Waals surface area contributed by atoms with E-state index in [9.17, 15) is 14.0 Å². The first-order chi connectivity index (χ1) is 13.2. The van der Waals surface area contributed by atoms with Gasteiger partial charge in [-0.2, -0.15) is 0 Å². The molecule has 0 heterocycles. The van der Waals surface area contributed by atoms with Crippen molar-refractivity contribution in [3.8, 4) is 0 Å². The molecule has 0 spiro atoms. The number of hydrogen-bond acceptors (Lipinski definition) is 2. The number of carbonyl (C=O) groups is 2. The molecule has 150 valence electrons. The summed E-state index contributed by atoms with van der Waals surface area (Å²) in [5.74, 6) is -1.12. The Kier molecular flexibility index (Phi) is 7.84. The van der Waals surface area contributed by atoms with E-state index in [0.29, 0.717) is 21.2 Å². The highest BCUT2D eigenvalue weighted by atomic mass is 35.5. The monoisotopic (exact) mass is 424 g/mol. The molecule has 0 aliphatic carbocycles. The maximum absolute atomic E-state index is 14.2. The molecule has 0 saturated heterocycles. The van der Waals surface area contributed by atoms with Gasteiger partial charge in [-0.1, -0.05) is 47.5 Å². The standard InChI is InChI=1S/C21H23Cl2FN2O2/c1-13(2)25-21(28)14(3)26(12-15-7-4-5-10-19(15)24)20(27)11-16-17(22)8-6-9-18(16)23/h4-10,13-14H,11-12H2,1-3H3,(H,25,28)/t14-/m0/s1. The molecule has 28 heavy (non-hydrogen) atoms. The van der Waals surface area contributed by atoms with Gasteiger partial charge in [0.05, 0.1) is 6.42 Å². The highest BCUT2D eigenvalue weighted by Crippen LogP contribution is 2.26. The molecule has 0 aliphatic heterocycles. The largest absolute Gasteiger partial charge is 0.352 e. The summed E-state index contributed by atoms with van der Waals surface area (Å²) in [5.41, 5.74) is 0.802. The number of nitrogens with one attached hydrogen (secondary N) is 1. The molecular formula is C21H23Cl2FN2O2. The first-order valence-corrected chi connectivity index (χ1v) is 9.72. The van der Waals surface area contributed by atoms with Gasteiger partial charge in [0.1, 0.15) is 11.9 Å². The van der Waals surface area contributed by atoms with Crippen molar-refractivity contribution in [1.82, 2.24) is 10.2 Å². The van der Waals surface area contributed by atoms with E-state index in [0.717, 1.165) is 0 Å². The summed E-state index contributed by atoms with van der Waals surface area (Å²) in [5, 5.41) is 3.52. The van der Waals surface area contributed by atoms with E-state index in [1.165, 1.54) is 11.0 Å². The van der Waals surface area contributed by atoms with Crippen molar-refractivity contribution in [3.63, 3.8) is 0 Å². The third-order valence-corrected chi connectivity index (χ3v) is 4.99. The molecule has 4 nitrogen and oxygen atoms in total. The predicted molar refractivity (Wildman–Crippen MR) is 110 cm³/mol. The van der Waals surface area contributed by atoms with E-state index in [1.54, 1.807) is 43.3 Å². The molecule has 1 N–H and O–H groups in total. The Bertz CT molecular complexity index is 838. The van der Waals surface area contributed by atoms with Gasteiger partial charge in [0.25, 0.3) is 0 Å². The smallest absolute Gasteiger partial charge is 0.242 e. The summed E-state index contributed by atoms with van der Waals surface area (Å²) < 4.78 is 14.2. The lowest BCUT2D eigenvalue weighted by Gasteiger charge is -2.29. The Hall–Kier alpha value is -2.11. The van der Waals surface area contributed by atoms with Crippen LogP contribution < -0.4 is 5.32 Å². The molecule has 2 aromatic carbocycles. The van der Waals surface area contributed by atoms with E-state index in [1.807, 2.05) is 13.8 Å². The summed E-state index contributed by atoms with van der Waals surface area (Å²) in [6.07, 6.45) is -0.0910. The van der Waals surface area contributed by atoms with Crippen LogP contribution in [0.4, 0.5) is 4.39 Å². The normalized spacial score (nSPS) is 12.0. The van der Waals surface area contributed by atoms with Gasteiger partial charge in [0.15, 0.2) is 0 Å². The van der Waals surface area contributed by atoms with Crippen LogP contribution in [-0.2, 0) is 22.6 Å². The zero-order valence-electron chi connectivity index (χ0n) is 16.0. The zero-order chi connectivity index (χ0) is 20.8. The molecule has 0 unspecified atom stereocenters. The number of rotatable bonds is 7. The SMILES string of the molecule is CC(C)NC(=O)[C@H](C)N(Cc1ccccc1F)C(=O)Cc1c(Cl)cccc1Cl. The topological polar surface area (TPSA) is 49.4 Å². The lowest BCUT2D eigenvalue weighted by atomic mass is 10.1. The number of nitrogens with zero attached hydrogens (tertiary/aromatic N) is 1. The minimum Gasteiger partial charge on any atom is -0.352 e. The van der Waals surface area contributed by atoms with E-state index in [2.05, 4.69) is 5.32 Å².